The number of nitrogen functional groups attached to an aromatic ring is 1. The second-order valence-electron chi connectivity index (χ2n) is 11.2. The van der Waals surface area contributed by atoms with Gasteiger partial charge in [0.1, 0.15) is 0 Å². The molecule has 3 nitrogen and oxygen atoms in total. The minimum atomic E-state index is 0.195. The van der Waals surface area contributed by atoms with E-state index in [9.17, 15) is 0 Å². The summed E-state index contributed by atoms with van der Waals surface area (Å²) in [5, 5.41) is 15.1. The Balaban J connectivity index is 0.000000193. The van der Waals surface area contributed by atoms with Crippen LogP contribution >= 0.6 is 0 Å². The Labute approximate surface area is 229 Å². The molecule has 1 unspecified atom stereocenters. The van der Waals surface area contributed by atoms with Gasteiger partial charge in [-0.15, -0.1) is 0 Å². The molecule has 0 saturated carbocycles. The molecule has 1 heterocycles. The number of nitriles is 1. The molecule has 3 heteroatoms. The maximum absolute atomic E-state index is 8.63. The first-order valence-electron chi connectivity index (χ1n) is 13.5. The molecule has 1 aliphatic rings. The predicted octanol–water partition coefficient (Wildman–Crippen LogP) is 8.59. The zero-order chi connectivity index (χ0) is 27.0. The second-order valence-corrected chi connectivity index (χ2v) is 11.2. The fraction of sp³-hybridized carbons (Fsp3) is 0.167. The van der Waals surface area contributed by atoms with Crippen LogP contribution in [0.4, 0.5) is 5.69 Å². The summed E-state index contributed by atoms with van der Waals surface area (Å²) in [6, 6.07) is 37.8. The molecule has 6 aromatic rings. The molecule has 1 atom stereocenters. The normalized spacial score (nSPS) is 15.8. The predicted molar refractivity (Wildman–Crippen MR) is 163 cm³/mol. The summed E-state index contributed by atoms with van der Waals surface area (Å²) in [5.41, 5.74) is 13.1. The summed E-state index contributed by atoms with van der Waals surface area (Å²) < 4.78 is 0. The Morgan fingerprint density at radius 3 is 2.46 bits per heavy atom. The van der Waals surface area contributed by atoms with Crippen molar-refractivity contribution in [1.29, 1.82) is 5.26 Å². The van der Waals surface area contributed by atoms with Gasteiger partial charge in [0.05, 0.1) is 17.1 Å². The van der Waals surface area contributed by atoms with E-state index in [2.05, 4.69) is 91.6 Å². The molecule has 39 heavy (non-hydrogen) atoms. The van der Waals surface area contributed by atoms with Gasteiger partial charge in [0, 0.05) is 17.3 Å². The fourth-order valence-corrected chi connectivity index (χ4v) is 6.16. The Morgan fingerprint density at radius 1 is 0.795 bits per heavy atom. The molecule has 0 radical (unpaired) electrons. The van der Waals surface area contributed by atoms with Crippen LogP contribution in [0.1, 0.15) is 42.0 Å². The first kappa shape index (κ1) is 24.6. The number of nitrogens with two attached hydrogens (primary N) is 1. The number of hydrogen-bond donors (Lipinski definition) is 1. The van der Waals surface area contributed by atoms with E-state index in [0.29, 0.717) is 11.5 Å². The van der Waals surface area contributed by atoms with E-state index in [1.54, 1.807) is 12.3 Å². The summed E-state index contributed by atoms with van der Waals surface area (Å²) in [6.07, 6.45) is 3.92. The lowest BCUT2D eigenvalue weighted by molar-refractivity contribution is 0.264. The van der Waals surface area contributed by atoms with Gasteiger partial charge in [-0.1, -0.05) is 80.6 Å². The van der Waals surface area contributed by atoms with Crippen LogP contribution in [0.5, 0.6) is 0 Å². The molecular weight excluding hydrogens is 474 g/mol. The Kier molecular flexibility index (Phi) is 6.25. The molecule has 0 spiro atoms. The van der Waals surface area contributed by atoms with Crippen molar-refractivity contribution in [3.05, 3.63) is 132 Å². The van der Waals surface area contributed by atoms with Gasteiger partial charge in [0.25, 0.3) is 0 Å². The van der Waals surface area contributed by atoms with E-state index in [0.717, 1.165) is 29.4 Å². The Bertz CT molecular complexity index is 1880. The van der Waals surface area contributed by atoms with Gasteiger partial charge in [-0.3, -0.25) is 4.98 Å². The van der Waals surface area contributed by atoms with Crippen LogP contribution in [-0.4, -0.2) is 4.98 Å². The molecule has 190 valence electrons. The van der Waals surface area contributed by atoms with Gasteiger partial charge in [-0.2, -0.15) is 5.26 Å². The number of hydrogen-bond acceptors (Lipinski definition) is 3. The average Bonchev–Trinajstić information content (AvgIpc) is 2.96. The van der Waals surface area contributed by atoms with Crippen molar-refractivity contribution in [2.24, 2.45) is 5.41 Å². The zero-order valence-electron chi connectivity index (χ0n) is 22.4. The van der Waals surface area contributed by atoms with Crippen LogP contribution < -0.4 is 5.73 Å². The van der Waals surface area contributed by atoms with Crippen LogP contribution in [0.25, 0.3) is 32.4 Å². The number of benzene rings is 5. The summed E-state index contributed by atoms with van der Waals surface area (Å²) >= 11 is 0. The highest BCUT2D eigenvalue weighted by Gasteiger charge is 2.36. The van der Waals surface area contributed by atoms with E-state index in [1.165, 1.54) is 38.2 Å². The molecule has 7 rings (SSSR count). The maximum Gasteiger partial charge on any atom is 0.0991 e. The maximum atomic E-state index is 8.63. The summed E-state index contributed by atoms with van der Waals surface area (Å²) in [7, 11) is 0. The fourth-order valence-electron chi connectivity index (χ4n) is 6.16. The first-order valence-corrected chi connectivity index (χ1v) is 13.5. The van der Waals surface area contributed by atoms with Crippen molar-refractivity contribution in [2.45, 2.75) is 32.6 Å². The number of aromatic nitrogens is 1. The van der Waals surface area contributed by atoms with Crippen LogP contribution in [-0.2, 0) is 12.8 Å². The molecule has 0 amide bonds. The number of anilines is 1. The van der Waals surface area contributed by atoms with Crippen molar-refractivity contribution >= 4 is 38.1 Å². The molecule has 0 aliphatic heterocycles. The molecule has 0 saturated heterocycles. The molecular formula is C36H31N3. The highest BCUT2D eigenvalue weighted by atomic mass is 14.6. The Morgan fingerprint density at radius 2 is 1.62 bits per heavy atom. The quantitative estimate of drug-likeness (QED) is 0.180. The third kappa shape index (κ3) is 4.71. The van der Waals surface area contributed by atoms with Gasteiger partial charge in [0.2, 0.25) is 0 Å². The monoisotopic (exact) mass is 505 g/mol. The van der Waals surface area contributed by atoms with Crippen molar-refractivity contribution < 1.29 is 0 Å². The summed E-state index contributed by atoms with van der Waals surface area (Å²) in [6.45, 7) is 4.81. The number of pyridine rings is 1. The van der Waals surface area contributed by atoms with Gasteiger partial charge < -0.3 is 5.73 Å². The molecule has 5 aromatic carbocycles. The van der Waals surface area contributed by atoms with Gasteiger partial charge in [-0.05, 0) is 98.8 Å². The lowest BCUT2D eigenvalue weighted by Crippen LogP contribution is -2.31. The molecule has 1 aromatic heterocycles. The topological polar surface area (TPSA) is 62.7 Å². The molecule has 0 fully saturated rings. The van der Waals surface area contributed by atoms with Crippen molar-refractivity contribution in [2.75, 3.05) is 5.73 Å². The standard InChI is InChI=1S/C26H25N.C10H6N2/c1-26(2)16-24-18(15-25(26)19-7-5-8-20(27)14-19)11-13-22-21-9-4-3-6-17(21)10-12-23(22)24;11-7-8-3-4-10-9(6-8)2-1-5-12-10/h3-14,25H,15-16,27H2,1-2H3;1-6H. The van der Waals surface area contributed by atoms with Gasteiger partial charge in [0.15, 0.2) is 0 Å². The van der Waals surface area contributed by atoms with E-state index in [-0.39, 0.29) is 5.41 Å². The van der Waals surface area contributed by atoms with Crippen LogP contribution in [0, 0.1) is 16.7 Å². The minimum Gasteiger partial charge on any atom is -0.399 e. The number of fused-ring (bicyclic) bond motifs is 6. The second kappa shape index (κ2) is 9.89. The number of nitrogens with zero attached hydrogens (tertiary/aromatic N) is 2. The third-order valence-electron chi connectivity index (χ3n) is 8.18. The average molecular weight is 506 g/mol. The van der Waals surface area contributed by atoms with Crippen LogP contribution in [0.15, 0.2) is 109 Å². The first-order chi connectivity index (χ1) is 18.9. The van der Waals surface area contributed by atoms with Crippen LogP contribution in [0.3, 0.4) is 0 Å². The van der Waals surface area contributed by atoms with E-state index in [1.807, 2.05) is 30.3 Å². The van der Waals surface area contributed by atoms with E-state index in [4.69, 9.17) is 11.0 Å². The third-order valence-corrected chi connectivity index (χ3v) is 8.18. The number of rotatable bonds is 1. The van der Waals surface area contributed by atoms with E-state index < -0.39 is 0 Å². The lowest BCUT2D eigenvalue weighted by atomic mass is 9.63. The minimum absolute atomic E-state index is 0.195. The SMILES string of the molecule is CC1(C)Cc2c(ccc3c2ccc2ccccc23)CC1c1cccc(N)c1.N#Cc1ccc2ncccc2c1. The summed E-state index contributed by atoms with van der Waals surface area (Å²) in [4.78, 5) is 4.15. The smallest absolute Gasteiger partial charge is 0.0991 e. The summed E-state index contributed by atoms with van der Waals surface area (Å²) in [5.74, 6) is 0.492. The van der Waals surface area contributed by atoms with Gasteiger partial charge >= 0.3 is 0 Å². The largest absolute Gasteiger partial charge is 0.399 e. The lowest BCUT2D eigenvalue weighted by Gasteiger charge is -2.41. The zero-order valence-corrected chi connectivity index (χ0v) is 22.4. The highest BCUT2D eigenvalue weighted by molar-refractivity contribution is 6.08. The van der Waals surface area contributed by atoms with Crippen LogP contribution in [0.2, 0.25) is 0 Å². The molecule has 1 aliphatic carbocycles. The molecule has 2 N–H and O–H groups in total. The van der Waals surface area contributed by atoms with E-state index >= 15 is 0 Å². The molecule has 0 bridgehead atoms. The van der Waals surface area contributed by atoms with Gasteiger partial charge in [-0.25, -0.2) is 0 Å². The van der Waals surface area contributed by atoms with Crippen molar-refractivity contribution in [1.82, 2.24) is 4.98 Å². The highest BCUT2D eigenvalue weighted by Crippen LogP contribution is 2.47. The van der Waals surface area contributed by atoms with Crippen molar-refractivity contribution in [3.8, 4) is 6.07 Å². The Hall–Kier alpha value is -4.68. The van der Waals surface area contributed by atoms with Crippen molar-refractivity contribution in [3.63, 3.8) is 0 Å².